The standard InChI is InChI=1S/C21H22N2O4.C3H6O/c1-12(2)27-14-7-5-6-13(8-14)21(24)20-16-10-19(26-4)18(25-3)9-15(16)17(22)11-23-20;1-3(2)4/h5-12H,22H2,1-4H3;1-2H3. The first-order valence-corrected chi connectivity index (χ1v) is 9.76. The molecule has 1 aromatic heterocycles. The van der Waals surface area contributed by atoms with E-state index in [1.165, 1.54) is 27.2 Å². The first-order chi connectivity index (χ1) is 14.7. The quantitative estimate of drug-likeness (QED) is 0.584. The first kappa shape index (κ1) is 23.7. The molecular weight excluding hydrogens is 396 g/mol. The summed E-state index contributed by atoms with van der Waals surface area (Å²) in [6, 6.07) is 10.5. The maximum Gasteiger partial charge on any atom is 0.212 e. The molecule has 0 amide bonds. The number of carbonyl (C=O) groups excluding carboxylic acids is 2. The van der Waals surface area contributed by atoms with E-state index in [1.54, 1.807) is 37.4 Å². The van der Waals surface area contributed by atoms with Crippen molar-refractivity contribution in [3.8, 4) is 17.2 Å². The van der Waals surface area contributed by atoms with Crippen LogP contribution in [0.25, 0.3) is 10.8 Å². The fraction of sp³-hybridized carbons (Fsp3) is 0.292. The van der Waals surface area contributed by atoms with Crippen LogP contribution < -0.4 is 19.9 Å². The van der Waals surface area contributed by atoms with Crippen molar-refractivity contribution in [2.45, 2.75) is 33.8 Å². The highest BCUT2D eigenvalue weighted by Crippen LogP contribution is 2.36. The van der Waals surface area contributed by atoms with Crippen molar-refractivity contribution in [3.63, 3.8) is 0 Å². The van der Waals surface area contributed by atoms with Crippen molar-refractivity contribution >= 4 is 28.0 Å². The van der Waals surface area contributed by atoms with E-state index in [9.17, 15) is 9.59 Å². The molecule has 0 aliphatic heterocycles. The van der Waals surface area contributed by atoms with Gasteiger partial charge in [-0.2, -0.15) is 0 Å². The van der Waals surface area contributed by atoms with E-state index >= 15 is 0 Å². The molecule has 3 rings (SSSR count). The Morgan fingerprint density at radius 1 is 0.968 bits per heavy atom. The zero-order valence-electron chi connectivity index (χ0n) is 18.7. The second-order valence-corrected chi connectivity index (χ2v) is 7.25. The molecule has 7 heteroatoms. The Kier molecular flexibility index (Phi) is 7.96. The molecule has 0 saturated carbocycles. The number of nitrogens with two attached hydrogens (primary N) is 1. The van der Waals surface area contributed by atoms with Gasteiger partial charge in [0.1, 0.15) is 17.2 Å². The zero-order valence-corrected chi connectivity index (χ0v) is 18.7. The molecule has 0 saturated heterocycles. The predicted molar refractivity (Wildman–Crippen MR) is 121 cm³/mol. The number of rotatable bonds is 6. The van der Waals surface area contributed by atoms with Crippen molar-refractivity contribution in [1.82, 2.24) is 4.98 Å². The van der Waals surface area contributed by atoms with Crippen molar-refractivity contribution in [3.05, 3.63) is 53.9 Å². The van der Waals surface area contributed by atoms with Crippen LogP contribution in [0.3, 0.4) is 0 Å². The minimum Gasteiger partial charge on any atom is -0.493 e. The van der Waals surface area contributed by atoms with Gasteiger partial charge in [-0.15, -0.1) is 0 Å². The van der Waals surface area contributed by atoms with Crippen LogP contribution in [0.2, 0.25) is 0 Å². The van der Waals surface area contributed by atoms with Gasteiger partial charge >= 0.3 is 0 Å². The Morgan fingerprint density at radius 2 is 1.55 bits per heavy atom. The van der Waals surface area contributed by atoms with Gasteiger partial charge in [-0.3, -0.25) is 4.79 Å². The van der Waals surface area contributed by atoms with Gasteiger partial charge in [0.05, 0.1) is 32.2 Å². The first-order valence-electron chi connectivity index (χ1n) is 9.76. The number of Topliss-reactive ketones (excluding diaryl/α,β-unsaturated/α-hetero) is 1. The van der Waals surface area contributed by atoms with E-state index in [4.69, 9.17) is 19.9 Å². The molecule has 0 bridgehead atoms. The monoisotopic (exact) mass is 424 g/mol. The average Bonchev–Trinajstić information content (AvgIpc) is 2.72. The lowest BCUT2D eigenvalue weighted by Gasteiger charge is -2.13. The fourth-order valence-electron chi connectivity index (χ4n) is 2.89. The Bertz CT molecular complexity index is 1090. The molecule has 0 aliphatic rings. The summed E-state index contributed by atoms with van der Waals surface area (Å²) in [5.41, 5.74) is 7.31. The summed E-state index contributed by atoms with van der Waals surface area (Å²) < 4.78 is 16.4. The lowest BCUT2D eigenvalue weighted by Crippen LogP contribution is -2.09. The smallest absolute Gasteiger partial charge is 0.212 e. The fourth-order valence-corrected chi connectivity index (χ4v) is 2.89. The largest absolute Gasteiger partial charge is 0.493 e. The molecule has 0 unspecified atom stereocenters. The average molecular weight is 424 g/mol. The van der Waals surface area contributed by atoms with Gasteiger partial charge in [0.25, 0.3) is 0 Å². The van der Waals surface area contributed by atoms with Gasteiger partial charge in [0.2, 0.25) is 5.78 Å². The Morgan fingerprint density at radius 3 is 2.10 bits per heavy atom. The lowest BCUT2D eigenvalue weighted by atomic mass is 10.0. The zero-order chi connectivity index (χ0) is 23.1. The van der Waals surface area contributed by atoms with E-state index in [1.807, 2.05) is 19.9 Å². The van der Waals surface area contributed by atoms with Crippen molar-refractivity contribution in [2.24, 2.45) is 0 Å². The maximum absolute atomic E-state index is 13.1. The Balaban J connectivity index is 0.000000785. The van der Waals surface area contributed by atoms with Gasteiger partial charge in [-0.05, 0) is 52.0 Å². The van der Waals surface area contributed by atoms with Crippen LogP contribution in [-0.4, -0.2) is 36.9 Å². The van der Waals surface area contributed by atoms with Gasteiger partial charge in [-0.1, -0.05) is 12.1 Å². The van der Waals surface area contributed by atoms with Crippen molar-refractivity contribution < 1.29 is 23.8 Å². The van der Waals surface area contributed by atoms with E-state index in [-0.39, 0.29) is 17.7 Å². The van der Waals surface area contributed by atoms with Crippen LogP contribution in [0.15, 0.2) is 42.6 Å². The number of pyridine rings is 1. The van der Waals surface area contributed by atoms with E-state index in [2.05, 4.69) is 4.98 Å². The topological polar surface area (TPSA) is 101 Å². The maximum atomic E-state index is 13.1. The summed E-state index contributed by atoms with van der Waals surface area (Å²) in [5.74, 6) is 1.62. The molecular formula is C24H28N2O5. The van der Waals surface area contributed by atoms with Gasteiger partial charge in [-0.25, -0.2) is 4.98 Å². The number of nitrogens with zero attached hydrogens (tertiary/aromatic N) is 1. The number of fused-ring (bicyclic) bond motifs is 1. The number of benzene rings is 2. The summed E-state index contributed by atoms with van der Waals surface area (Å²) in [5, 5.41) is 1.29. The third kappa shape index (κ3) is 5.94. The minimum absolute atomic E-state index is 0.0163. The summed E-state index contributed by atoms with van der Waals surface area (Å²) in [6.07, 6.45) is 1.50. The molecule has 0 aliphatic carbocycles. The van der Waals surface area contributed by atoms with E-state index < -0.39 is 0 Å². The van der Waals surface area contributed by atoms with Crippen LogP contribution in [0.4, 0.5) is 5.69 Å². The van der Waals surface area contributed by atoms with E-state index in [0.717, 1.165) is 0 Å². The molecule has 7 nitrogen and oxygen atoms in total. The molecule has 2 aromatic carbocycles. The number of hydrogen-bond acceptors (Lipinski definition) is 7. The highest BCUT2D eigenvalue weighted by Gasteiger charge is 2.19. The lowest BCUT2D eigenvalue weighted by molar-refractivity contribution is -0.115. The summed E-state index contributed by atoms with van der Waals surface area (Å²) >= 11 is 0. The number of nitrogen functional groups attached to an aromatic ring is 1. The highest BCUT2D eigenvalue weighted by atomic mass is 16.5. The SMILES string of the molecule is CC(C)=O.COc1cc2c(N)cnc(C(=O)c3cccc(OC(C)C)c3)c2cc1OC. The predicted octanol–water partition coefficient (Wildman–Crippen LogP) is 4.45. The Labute approximate surface area is 182 Å². The van der Waals surface area contributed by atoms with Gasteiger partial charge in [0, 0.05) is 16.3 Å². The number of ether oxygens (including phenoxy) is 3. The third-order valence-electron chi connectivity index (χ3n) is 4.11. The number of aromatic nitrogens is 1. The number of ketones is 2. The second kappa shape index (κ2) is 10.4. The molecule has 0 fully saturated rings. The molecule has 31 heavy (non-hydrogen) atoms. The van der Waals surface area contributed by atoms with Crippen LogP contribution in [0, 0.1) is 0 Å². The molecule has 0 radical (unpaired) electrons. The van der Waals surface area contributed by atoms with Crippen LogP contribution >= 0.6 is 0 Å². The number of hydrogen-bond donors (Lipinski definition) is 1. The molecule has 0 spiro atoms. The minimum atomic E-state index is -0.221. The summed E-state index contributed by atoms with van der Waals surface area (Å²) in [4.78, 5) is 26.9. The highest BCUT2D eigenvalue weighted by molar-refractivity contribution is 6.16. The molecule has 1 heterocycles. The number of anilines is 1. The second-order valence-electron chi connectivity index (χ2n) is 7.25. The Hall–Kier alpha value is -3.61. The number of methoxy groups -OCH3 is 2. The molecule has 2 N–H and O–H groups in total. The van der Waals surface area contributed by atoms with Gasteiger partial charge < -0.3 is 24.7 Å². The molecule has 164 valence electrons. The van der Waals surface area contributed by atoms with Crippen molar-refractivity contribution in [2.75, 3.05) is 20.0 Å². The summed E-state index contributed by atoms with van der Waals surface area (Å²) in [6.45, 7) is 6.92. The van der Waals surface area contributed by atoms with E-state index in [0.29, 0.717) is 45.0 Å². The van der Waals surface area contributed by atoms with Crippen molar-refractivity contribution in [1.29, 1.82) is 0 Å². The van der Waals surface area contributed by atoms with Crippen LogP contribution in [0.1, 0.15) is 43.7 Å². The van der Waals surface area contributed by atoms with Crippen LogP contribution in [0.5, 0.6) is 17.2 Å². The molecule has 3 aromatic rings. The number of carbonyl (C=O) groups is 2. The summed E-state index contributed by atoms with van der Waals surface area (Å²) in [7, 11) is 3.09. The molecule has 0 atom stereocenters. The normalized spacial score (nSPS) is 10.3. The van der Waals surface area contributed by atoms with Crippen LogP contribution in [-0.2, 0) is 4.79 Å². The van der Waals surface area contributed by atoms with Gasteiger partial charge in [0.15, 0.2) is 11.5 Å². The third-order valence-corrected chi connectivity index (χ3v) is 4.11.